The fourth-order valence-electron chi connectivity index (χ4n) is 1.56. The lowest BCUT2D eigenvalue weighted by Gasteiger charge is -2.09. The average Bonchev–Trinajstić information content (AvgIpc) is 3.05. The van der Waals surface area contributed by atoms with Crippen LogP contribution in [0.2, 0.25) is 0 Å². The van der Waals surface area contributed by atoms with Crippen molar-refractivity contribution in [2.75, 3.05) is 6.61 Å². The molecule has 0 aromatic heterocycles. The Morgan fingerprint density at radius 3 is 2.38 bits per heavy atom. The largest absolute Gasteiger partial charge is 0.488 e. The smallest absolute Gasteiger partial charge is 0.190 e. The molecule has 0 unspecified atom stereocenters. The second-order valence-corrected chi connectivity index (χ2v) is 4.66. The minimum Gasteiger partial charge on any atom is -0.488 e. The highest BCUT2D eigenvalue weighted by molar-refractivity contribution is 9.08. The summed E-state index contributed by atoms with van der Waals surface area (Å²) in [5.74, 6) is -0.784. The van der Waals surface area contributed by atoms with Gasteiger partial charge in [-0.25, -0.2) is 8.78 Å². The Labute approximate surface area is 102 Å². The Balaban J connectivity index is 2.00. The lowest BCUT2D eigenvalue weighted by Crippen LogP contribution is -2.03. The van der Waals surface area contributed by atoms with E-state index in [1.807, 2.05) is 0 Å². The molecule has 1 fully saturated rings. The number of ether oxygens (including phenoxy) is 1. The first-order valence-electron chi connectivity index (χ1n) is 5.37. The van der Waals surface area contributed by atoms with E-state index in [1.165, 1.54) is 25.0 Å². The highest BCUT2D eigenvalue weighted by Crippen LogP contribution is 2.33. The number of alkyl halides is 1. The summed E-state index contributed by atoms with van der Waals surface area (Å²) in [6, 6.07) is 2.59. The van der Waals surface area contributed by atoms with Crippen molar-refractivity contribution in [3.8, 4) is 5.75 Å². The molecule has 1 aromatic rings. The first-order chi connectivity index (χ1) is 7.70. The third kappa shape index (κ3) is 2.94. The van der Waals surface area contributed by atoms with Crippen molar-refractivity contribution in [1.29, 1.82) is 0 Å². The van der Waals surface area contributed by atoms with Gasteiger partial charge in [-0.2, -0.15) is 0 Å². The number of halogens is 3. The molecule has 4 heteroatoms. The molecule has 0 bridgehead atoms. The minimum atomic E-state index is -0.620. The van der Waals surface area contributed by atoms with Gasteiger partial charge in [0.2, 0.25) is 0 Å². The first kappa shape index (κ1) is 11.8. The molecular formula is C12H13BrF2O. The van der Waals surface area contributed by atoms with Crippen LogP contribution in [-0.2, 0) is 5.33 Å². The summed E-state index contributed by atoms with van der Waals surface area (Å²) >= 11 is 3.16. The fourth-order valence-corrected chi connectivity index (χ4v) is 1.89. The Kier molecular flexibility index (Phi) is 3.79. The molecule has 1 nitrogen and oxygen atoms in total. The number of benzene rings is 1. The number of hydrogen-bond acceptors (Lipinski definition) is 1. The highest BCUT2D eigenvalue weighted by Gasteiger charge is 2.21. The third-order valence-corrected chi connectivity index (χ3v) is 3.33. The van der Waals surface area contributed by atoms with E-state index in [0.29, 0.717) is 23.4 Å². The maximum atomic E-state index is 13.5. The quantitative estimate of drug-likeness (QED) is 0.744. The first-order valence-corrected chi connectivity index (χ1v) is 6.49. The van der Waals surface area contributed by atoms with Gasteiger partial charge < -0.3 is 4.74 Å². The normalized spacial score (nSPS) is 15.2. The van der Waals surface area contributed by atoms with Gasteiger partial charge in [0.25, 0.3) is 0 Å². The fraction of sp³-hybridized carbons (Fsp3) is 0.500. The maximum absolute atomic E-state index is 13.5. The van der Waals surface area contributed by atoms with Gasteiger partial charge in [0.15, 0.2) is 17.4 Å². The van der Waals surface area contributed by atoms with E-state index in [1.54, 1.807) is 0 Å². The zero-order valence-electron chi connectivity index (χ0n) is 8.81. The molecule has 1 aliphatic rings. The summed E-state index contributed by atoms with van der Waals surface area (Å²) < 4.78 is 32.1. The minimum absolute atomic E-state index is 0.245. The van der Waals surface area contributed by atoms with Crippen LogP contribution in [0, 0.1) is 17.6 Å². The summed E-state index contributed by atoms with van der Waals surface area (Å²) in [4.78, 5) is 0. The van der Waals surface area contributed by atoms with Crippen LogP contribution in [0.15, 0.2) is 12.1 Å². The molecule has 0 atom stereocenters. The molecule has 2 rings (SSSR count). The standard InChI is InChI=1S/C12H13BrF2O/c13-7-9-5-10(14)12(11(15)6-9)16-4-3-8-1-2-8/h5-6,8H,1-4,7H2. The zero-order valence-corrected chi connectivity index (χ0v) is 10.4. The SMILES string of the molecule is Fc1cc(CBr)cc(F)c1OCCC1CC1. The van der Waals surface area contributed by atoms with Crippen LogP contribution in [0.5, 0.6) is 5.75 Å². The Hall–Kier alpha value is -0.640. The van der Waals surface area contributed by atoms with Crippen LogP contribution in [0.4, 0.5) is 8.78 Å². The van der Waals surface area contributed by atoms with E-state index in [9.17, 15) is 8.78 Å². The van der Waals surface area contributed by atoms with Crippen molar-refractivity contribution in [1.82, 2.24) is 0 Å². The summed E-state index contributed by atoms with van der Waals surface area (Å²) in [6.07, 6.45) is 3.33. The lowest BCUT2D eigenvalue weighted by atomic mass is 10.2. The van der Waals surface area contributed by atoms with Crippen LogP contribution in [0.1, 0.15) is 24.8 Å². The van der Waals surface area contributed by atoms with Gasteiger partial charge in [-0.05, 0) is 30.0 Å². The molecule has 88 valence electrons. The van der Waals surface area contributed by atoms with Crippen molar-refractivity contribution in [3.63, 3.8) is 0 Å². The second-order valence-electron chi connectivity index (χ2n) is 4.10. The van der Waals surface area contributed by atoms with Crippen LogP contribution in [0.25, 0.3) is 0 Å². The molecular weight excluding hydrogens is 278 g/mol. The second kappa shape index (κ2) is 5.13. The van der Waals surface area contributed by atoms with Gasteiger partial charge in [0.1, 0.15) is 0 Å². The molecule has 0 N–H and O–H groups in total. The van der Waals surface area contributed by atoms with Gasteiger partial charge in [-0.1, -0.05) is 28.8 Å². The molecule has 0 amide bonds. The predicted octanol–water partition coefficient (Wildman–Crippen LogP) is 4.04. The summed E-state index contributed by atoms with van der Waals surface area (Å²) in [5, 5.41) is 0.434. The predicted molar refractivity (Wildman–Crippen MR) is 61.8 cm³/mol. The topological polar surface area (TPSA) is 9.23 Å². The van der Waals surface area contributed by atoms with Crippen LogP contribution < -0.4 is 4.74 Å². The molecule has 0 saturated heterocycles. The van der Waals surface area contributed by atoms with Crippen molar-refractivity contribution in [2.45, 2.75) is 24.6 Å². The van der Waals surface area contributed by atoms with Crippen LogP contribution in [0.3, 0.4) is 0 Å². The molecule has 1 aliphatic carbocycles. The monoisotopic (exact) mass is 290 g/mol. The van der Waals surface area contributed by atoms with Crippen LogP contribution >= 0.6 is 15.9 Å². The van der Waals surface area contributed by atoms with E-state index in [-0.39, 0.29) is 5.75 Å². The van der Waals surface area contributed by atoms with Crippen LogP contribution in [-0.4, -0.2) is 6.61 Å². The maximum Gasteiger partial charge on any atom is 0.190 e. The summed E-state index contributed by atoms with van der Waals surface area (Å²) in [5.41, 5.74) is 0.574. The Morgan fingerprint density at radius 2 is 1.88 bits per heavy atom. The molecule has 16 heavy (non-hydrogen) atoms. The molecule has 0 aliphatic heterocycles. The van der Waals surface area contributed by atoms with E-state index < -0.39 is 11.6 Å². The van der Waals surface area contributed by atoms with Gasteiger partial charge in [-0.15, -0.1) is 0 Å². The van der Waals surface area contributed by atoms with Crippen molar-refractivity contribution >= 4 is 15.9 Å². The van der Waals surface area contributed by atoms with E-state index in [2.05, 4.69) is 15.9 Å². The van der Waals surface area contributed by atoms with E-state index >= 15 is 0 Å². The van der Waals surface area contributed by atoms with Crippen molar-refractivity contribution < 1.29 is 13.5 Å². The molecule has 0 radical (unpaired) electrons. The highest BCUT2D eigenvalue weighted by atomic mass is 79.9. The van der Waals surface area contributed by atoms with Crippen molar-refractivity contribution in [3.05, 3.63) is 29.3 Å². The number of hydrogen-bond donors (Lipinski definition) is 0. The van der Waals surface area contributed by atoms with Gasteiger partial charge in [0, 0.05) is 5.33 Å². The summed E-state index contributed by atoms with van der Waals surface area (Å²) in [6.45, 7) is 0.395. The van der Waals surface area contributed by atoms with Gasteiger partial charge in [-0.3, -0.25) is 0 Å². The average molecular weight is 291 g/mol. The number of rotatable bonds is 5. The Morgan fingerprint density at radius 1 is 1.25 bits per heavy atom. The molecule has 1 aromatic carbocycles. The van der Waals surface area contributed by atoms with Gasteiger partial charge >= 0.3 is 0 Å². The Bertz CT molecular complexity index is 354. The summed E-state index contributed by atoms with van der Waals surface area (Å²) in [7, 11) is 0. The van der Waals surface area contributed by atoms with E-state index in [0.717, 1.165) is 6.42 Å². The van der Waals surface area contributed by atoms with Crippen molar-refractivity contribution in [2.24, 2.45) is 5.92 Å². The van der Waals surface area contributed by atoms with E-state index in [4.69, 9.17) is 4.74 Å². The zero-order chi connectivity index (χ0) is 11.5. The third-order valence-electron chi connectivity index (χ3n) is 2.68. The molecule has 0 heterocycles. The molecule has 1 saturated carbocycles. The van der Waals surface area contributed by atoms with Gasteiger partial charge in [0.05, 0.1) is 6.61 Å². The molecule has 0 spiro atoms. The lowest BCUT2D eigenvalue weighted by molar-refractivity contribution is 0.273.